The number of benzene rings is 2. The number of carbonyl (C=O) groups excluding carboxylic acids is 1. The van der Waals surface area contributed by atoms with Crippen molar-refractivity contribution in [2.24, 2.45) is 11.8 Å². The molecule has 2 aromatic rings. The lowest BCUT2D eigenvalue weighted by Crippen LogP contribution is -2.40. The SMILES string of the molecule is CC1CCN(Cc2cccc(CNC(=O)C3CCN(Cc4ccccc4Cl)CC3)c2)CC1. The van der Waals surface area contributed by atoms with Crippen molar-refractivity contribution >= 4 is 17.5 Å². The van der Waals surface area contributed by atoms with Gasteiger partial charge in [-0.15, -0.1) is 0 Å². The molecule has 2 aliphatic rings. The highest BCUT2D eigenvalue weighted by Gasteiger charge is 2.25. The van der Waals surface area contributed by atoms with Crippen LogP contribution in [0.1, 0.15) is 49.3 Å². The zero-order valence-electron chi connectivity index (χ0n) is 19.2. The van der Waals surface area contributed by atoms with Crippen molar-refractivity contribution in [3.63, 3.8) is 0 Å². The molecule has 0 saturated carbocycles. The molecule has 1 N–H and O–H groups in total. The van der Waals surface area contributed by atoms with E-state index >= 15 is 0 Å². The van der Waals surface area contributed by atoms with Gasteiger partial charge in [-0.25, -0.2) is 0 Å². The van der Waals surface area contributed by atoms with Crippen molar-refractivity contribution < 1.29 is 4.79 Å². The summed E-state index contributed by atoms with van der Waals surface area (Å²) in [6.07, 6.45) is 4.41. The molecular formula is C27H36ClN3O. The van der Waals surface area contributed by atoms with E-state index in [0.717, 1.165) is 55.5 Å². The zero-order chi connectivity index (χ0) is 22.3. The Labute approximate surface area is 197 Å². The number of likely N-dealkylation sites (tertiary alicyclic amines) is 2. The van der Waals surface area contributed by atoms with Gasteiger partial charge in [0.25, 0.3) is 0 Å². The van der Waals surface area contributed by atoms with Crippen LogP contribution in [0, 0.1) is 11.8 Å². The predicted octanol–water partition coefficient (Wildman–Crippen LogP) is 5.10. The number of nitrogens with one attached hydrogen (secondary N) is 1. The lowest BCUT2D eigenvalue weighted by atomic mass is 9.95. The first kappa shape index (κ1) is 23.3. The summed E-state index contributed by atoms with van der Waals surface area (Å²) in [4.78, 5) is 17.7. The first-order valence-electron chi connectivity index (χ1n) is 12.1. The van der Waals surface area contributed by atoms with Gasteiger partial charge in [-0.3, -0.25) is 14.6 Å². The van der Waals surface area contributed by atoms with E-state index in [2.05, 4.69) is 52.4 Å². The van der Waals surface area contributed by atoms with Gasteiger partial charge in [0, 0.05) is 30.6 Å². The van der Waals surface area contributed by atoms with Crippen molar-refractivity contribution in [2.75, 3.05) is 26.2 Å². The molecule has 2 aliphatic heterocycles. The highest BCUT2D eigenvalue weighted by molar-refractivity contribution is 6.31. The van der Waals surface area contributed by atoms with E-state index in [9.17, 15) is 4.79 Å². The second kappa shape index (κ2) is 11.3. The molecule has 4 nitrogen and oxygen atoms in total. The fourth-order valence-electron chi connectivity index (χ4n) is 4.87. The van der Waals surface area contributed by atoms with Crippen molar-refractivity contribution in [3.8, 4) is 0 Å². The number of hydrogen-bond donors (Lipinski definition) is 1. The molecule has 0 unspecified atom stereocenters. The second-order valence-corrected chi connectivity index (χ2v) is 10.0. The lowest BCUT2D eigenvalue weighted by Gasteiger charge is -2.31. The molecule has 1 amide bonds. The van der Waals surface area contributed by atoms with Crippen LogP contribution in [0.3, 0.4) is 0 Å². The third-order valence-corrected chi connectivity index (χ3v) is 7.42. The Kier molecular flexibility index (Phi) is 8.23. The van der Waals surface area contributed by atoms with Crippen molar-refractivity contribution in [3.05, 3.63) is 70.2 Å². The highest BCUT2D eigenvalue weighted by atomic mass is 35.5. The Morgan fingerprint density at radius 3 is 2.31 bits per heavy atom. The highest BCUT2D eigenvalue weighted by Crippen LogP contribution is 2.23. The molecule has 172 valence electrons. The first-order valence-corrected chi connectivity index (χ1v) is 12.5. The summed E-state index contributed by atoms with van der Waals surface area (Å²) >= 11 is 6.30. The van der Waals surface area contributed by atoms with E-state index < -0.39 is 0 Å². The quantitative estimate of drug-likeness (QED) is 0.633. The molecular weight excluding hydrogens is 418 g/mol. The van der Waals surface area contributed by atoms with Crippen LogP contribution in [-0.4, -0.2) is 41.9 Å². The van der Waals surface area contributed by atoms with Crippen LogP contribution in [-0.2, 0) is 24.4 Å². The maximum Gasteiger partial charge on any atom is 0.223 e. The van der Waals surface area contributed by atoms with Gasteiger partial charge in [-0.1, -0.05) is 61.0 Å². The van der Waals surface area contributed by atoms with Crippen LogP contribution < -0.4 is 5.32 Å². The predicted molar refractivity (Wildman–Crippen MR) is 131 cm³/mol. The Balaban J connectivity index is 1.21. The lowest BCUT2D eigenvalue weighted by molar-refractivity contribution is -0.126. The summed E-state index contributed by atoms with van der Waals surface area (Å²) in [5, 5.41) is 4.01. The number of rotatable bonds is 7. The largest absolute Gasteiger partial charge is 0.352 e. The van der Waals surface area contributed by atoms with E-state index in [1.165, 1.54) is 37.1 Å². The van der Waals surface area contributed by atoms with Crippen LogP contribution in [0.25, 0.3) is 0 Å². The molecule has 2 aromatic carbocycles. The average Bonchev–Trinajstić information content (AvgIpc) is 2.81. The minimum Gasteiger partial charge on any atom is -0.352 e. The number of piperidine rings is 2. The topological polar surface area (TPSA) is 35.6 Å². The molecule has 2 saturated heterocycles. The molecule has 4 rings (SSSR count). The van der Waals surface area contributed by atoms with Gasteiger partial charge in [-0.05, 0) is 80.5 Å². The zero-order valence-corrected chi connectivity index (χ0v) is 20.0. The Hall–Kier alpha value is -1.88. The Morgan fingerprint density at radius 1 is 0.906 bits per heavy atom. The molecule has 32 heavy (non-hydrogen) atoms. The van der Waals surface area contributed by atoms with Crippen LogP contribution in [0.2, 0.25) is 5.02 Å². The van der Waals surface area contributed by atoms with Gasteiger partial charge in [0.15, 0.2) is 0 Å². The van der Waals surface area contributed by atoms with Gasteiger partial charge < -0.3 is 5.32 Å². The summed E-state index contributed by atoms with van der Waals surface area (Å²) in [7, 11) is 0. The summed E-state index contributed by atoms with van der Waals surface area (Å²) in [5.41, 5.74) is 3.70. The van der Waals surface area contributed by atoms with Crippen molar-refractivity contribution in [1.29, 1.82) is 0 Å². The van der Waals surface area contributed by atoms with E-state index in [-0.39, 0.29) is 11.8 Å². The molecule has 0 aliphatic carbocycles. The Bertz CT molecular complexity index is 886. The maximum atomic E-state index is 12.8. The fraction of sp³-hybridized carbons (Fsp3) is 0.519. The number of halogens is 1. The van der Waals surface area contributed by atoms with Crippen LogP contribution in [0.4, 0.5) is 0 Å². The second-order valence-electron chi connectivity index (χ2n) is 9.64. The van der Waals surface area contributed by atoms with Gasteiger partial charge in [0.1, 0.15) is 0 Å². The average molecular weight is 454 g/mol. The smallest absolute Gasteiger partial charge is 0.223 e. The summed E-state index contributed by atoms with van der Waals surface area (Å²) in [5.74, 6) is 1.16. The summed E-state index contributed by atoms with van der Waals surface area (Å²) in [6, 6.07) is 16.7. The van der Waals surface area contributed by atoms with Crippen molar-refractivity contribution in [2.45, 2.75) is 52.2 Å². The van der Waals surface area contributed by atoms with Gasteiger partial charge >= 0.3 is 0 Å². The van der Waals surface area contributed by atoms with Gasteiger partial charge in [0.05, 0.1) is 0 Å². The monoisotopic (exact) mass is 453 g/mol. The molecule has 0 aromatic heterocycles. The standard InChI is InChI=1S/C27H36ClN3O/c1-21-9-13-30(14-10-21)19-23-6-4-5-22(17-23)18-29-27(32)24-11-15-31(16-12-24)20-25-7-2-3-8-26(25)28/h2-8,17,21,24H,9-16,18-20H2,1H3,(H,29,32). The molecule has 2 heterocycles. The third kappa shape index (κ3) is 6.57. The van der Waals surface area contributed by atoms with E-state index in [1.54, 1.807) is 0 Å². The first-order chi connectivity index (χ1) is 15.6. The van der Waals surface area contributed by atoms with Gasteiger partial charge in [-0.2, -0.15) is 0 Å². The van der Waals surface area contributed by atoms with Crippen molar-refractivity contribution in [1.82, 2.24) is 15.1 Å². The number of nitrogens with zero attached hydrogens (tertiary/aromatic N) is 2. The van der Waals surface area contributed by atoms with E-state index in [4.69, 9.17) is 11.6 Å². The number of hydrogen-bond acceptors (Lipinski definition) is 3. The summed E-state index contributed by atoms with van der Waals surface area (Å²) in [6.45, 7) is 9.09. The minimum absolute atomic E-state index is 0.107. The molecule has 0 radical (unpaired) electrons. The molecule has 2 fully saturated rings. The minimum atomic E-state index is 0.107. The van der Waals surface area contributed by atoms with Crippen LogP contribution >= 0.6 is 11.6 Å². The number of carbonyl (C=O) groups is 1. The molecule has 0 atom stereocenters. The van der Waals surface area contributed by atoms with Crippen LogP contribution in [0.15, 0.2) is 48.5 Å². The third-order valence-electron chi connectivity index (χ3n) is 7.05. The van der Waals surface area contributed by atoms with E-state index in [0.29, 0.717) is 6.54 Å². The molecule has 0 spiro atoms. The fourth-order valence-corrected chi connectivity index (χ4v) is 5.07. The number of amides is 1. The van der Waals surface area contributed by atoms with Crippen LogP contribution in [0.5, 0.6) is 0 Å². The maximum absolute atomic E-state index is 12.8. The Morgan fingerprint density at radius 2 is 1.56 bits per heavy atom. The van der Waals surface area contributed by atoms with E-state index in [1.807, 2.05) is 18.2 Å². The molecule has 0 bridgehead atoms. The summed E-state index contributed by atoms with van der Waals surface area (Å²) < 4.78 is 0. The normalized spacial score (nSPS) is 19.2. The van der Waals surface area contributed by atoms with Gasteiger partial charge in [0.2, 0.25) is 5.91 Å². The molecule has 5 heteroatoms.